The molecule has 226 valence electrons. The SMILES string of the molecule is CCN1CCN(Cc2ccc(CC(=O)N3Cc4cc(Oc5ccnc6[nH]ccc56)cnc4CC3C)cc2C(F)(F)F)CC1. The summed E-state index contributed by atoms with van der Waals surface area (Å²) >= 11 is 0. The molecular formula is C32H35F3N6O2. The van der Waals surface area contributed by atoms with Crippen LogP contribution in [-0.2, 0) is 36.9 Å². The Morgan fingerprint density at radius 1 is 1.07 bits per heavy atom. The Kier molecular flexibility index (Phi) is 8.11. The molecule has 1 saturated heterocycles. The van der Waals surface area contributed by atoms with Gasteiger partial charge >= 0.3 is 6.18 Å². The quantitative estimate of drug-likeness (QED) is 0.309. The summed E-state index contributed by atoms with van der Waals surface area (Å²) in [5.74, 6) is 0.956. The first-order chi connectivity index (χ1) is 20.7. The average Bonchev–Trinajstić information content (AvgIpc) is 3.48. The monoisotopic (exact) mass is 592 g/mol. The van der Waals surface area contributed by atoms with Gasteiger partial charge in [-0.05, 0) is 54.4 Å². The number of H-pyrrole nitrogens is 1. The number of alkyl halides is 3. The highest BCUT2D eigenvalue weighted by molar-refractivity contribution is 5.82. The van der Waals surface area contributed by atoms with Crippen LogP contribution in [0.3, 0.4) is 0 Å². The number of hydrogen-bond acceptors (Lipinski definition) is 6. The van der Waals surface area contributed by atoms with Crippen molar-refractivity contribution in [2.24, 2.45) is 0 Å². The Balaban J connectivity index is 1.16. The molecule has 43 heavy (non-hydrogen) atoms. The molecule has 0 aliphatic carbocycles. The summed E-state index contributed by atoms with van der Waals surface area (Å²) < 4.78 is 48.5. The van der Waals surface area contributed by atoms with Gasteiger partial charge in [0.25, 0.3) is 0 Å². The van der Waals surface area contributed by atoms with Crippen molar-refractivity contribution in [2.45, 2.75) is 52.0 Å². The molecule has 2 aliphatic rings. The van der Waals surface area contributed by atoms with Crippen LogP contribution in [-0.4, -0.2) is 74.3 Å². The molecular weight excluding hydrogens is 557 g/mol. The lowest BCUT2D eigenvalue weighted by Gasteiger charge is -2.35. The zero-order valence-corrected chi connectivity index (χ0v) is 24.3. The number of carbonyl (C=O) groups excluding carboxylic acids is 1. The molecule has 1 atom stereocenters. The van der Waals surface area contributed by atoms with Gasteiger partial charge in [0.1, 0.15) is 17.1 Å². The molecule has 6 rings (SSSR count). The third-order valence-corrected chi connectivity index (χ3v) is 8.51. The number of amides is 1. The molecule has 0 bridgehead atoms. The van der Waals surface area contributed by atoms with Crippen molar-refractivity contribution in [3.63, 3.8) is 0 Å². The Morgan fingerprint density at radius 2 is 1.86 bits per heavy atom. The van der Waals surface area contributed by atoms with Crippen LogP contribution in [0.15, 0.2) is 55.0 Å². The highest BCUT2D eigenvalue weighted by Crippen LogP contribution is 2.35. The largest absolute Gasteiger partial charge is 0.455 e. The van der Waals surface area contributed by atoms with Gasteiger partial charge in [0.05, 0.1) is 23.6 Å². The van der Waals surface area contributed by atoms with E-state index < -0.39 is 11.7 Å². The van der Waals surface area contributed by atoms with E-state index >= 15 is 0 Å². The Hall–Kier alpha value is -3.96. The standard InChI is InChI=1S/C32H35F3N6O2/c1-3-39-10-12-40(13-11-39)19-23-5-4-22(15-27(23)32(33,34)35)16-30(42)41-20-24-17-25(18-38-28(24)14-21(41)2)43-29-7-9-37-31-26(29)6-8-36-31/h4-9,15,17-18,21H,3,10-14,16,19-20H2,1-2H3,(H,36,37). The Labute approximate surface area is 248 Å². The summed E-state index contributed by atoms with van der Waals surface area (Å²) in [6, 6.07) is 9.77. The smallest absolute Gasteiger partial charge is 0.416 e. The molecule has 1 unspecified atom stereocenters. The number of aromatic nitrogens is 3. The number of fused-ring (bicyclic) bond motifs is 2. The first kappa shape index (κ1) is 29.1. The zero-order valence-electron chi connectivity index (χ0n) is 24.3. The molecule has 11 heteroatoms. The molecule has 0 spiro atoms. The third kappa shape index (κ3) is 6.37. The van der Waals surface area contributed by atoms with E-state index in [0.29, 0.717) is 35.7 Å². The highest BCUT2D eigenvalue weighted by atomic mass is 19.4. The summed E-state index contributed by atoms with van der Waals surface area (Å²) in [6.45, 7) is 8.71. The van der Waals surface area contributed by atoms with Crippen molar-refractivity contribution in [1.29, 1.82) is 0 Å². The number of carbonyl (C=O) groups is 1. The minimum absolute atomic E-state index is 0.107. The topological polar surface area (TPSA) is 77.6 Å². The second kappa shape index (κ2) is 12.0. The van der Waals surface area contributed by atoms with Gasteiger partial charge in [-0.2, -0.15) is 13.2 Å². The number of piperazine rings is 1. The number of pyridine rings is 2. The number of rotatable bonds is 7. The number of nitrogens with one attached hydrogen (secondary N) is 1. The molecule has 5 heterocycles. The lowest BCUT2D eigenvalue weighted by molar-refractivity contribution is -0.139. The second-order valence-corrected chi connectivity index (χ2v) is 11.4. The third-order valence-electron chi connectivity index (χ3n) is 8.51. The van der Waals surface area contributed by atoms with E-state index in [1.54, 1.807) is 41.7 Å². The van der Waals surface area contributed by atoms with Crippen molar-refractivity contribution in [3.05, 3.63) is 82.9 Å². The maximum Gasteiger partial charge on any atom is 0.416 e. The summed E-state index contributed by atoms with van der Waals surface area (Å²) in [4.78, 5) is 31.5. The summed E-state index contributed by atoms with van der Waals surface area (Å²) in [7, 11) is 0. The maximum absolute atomic E-state index is 14.1. The first-order valence-corrected chi connectivity index (χ1v) is 14.7. The number of benzene rings is 1. The van der Waals surface area contributed by atoms with Crippen LogP contribution in [0.2, 0.25) is 0 Å². The lowest BCUT2D eigenvalue weighted by Crippen LogP contribution is -2.45. The van der Waals surface area contributed by atoms with Gasteiger partial charge in [-0.25, -0.2) is 4.98 Å². The Bertz CT molecular complexity index is 1610. The molecule has 2 aliphatic heterocycles. The molecule has 3 aromatic heterocycles. The van der Waals surface area contributed by atoms with Crippen molar-refractivity contribution in [2.75, 3.05) is 32.7 Å². The fourth-order valence-corrected chi connectivity index (χ4v) is 6.02. The van der Waals surface area contributed by atoms with E-state index in [1.165, 1.54) is 0 Å². The molecule has 1 N–H and O–H groups in total. The minimum Gasteiger partial charge on any atom is -0.455 e. The van der Waals surface area contributed by atoms with Gasteiger partial charge in [-0.15, -0.1) is 0 Å². The fourth-order valence-electron chi connectivity index (χ4n) is 6.02. The van der Waals surface area contributed by atoms with Gasteiger partial charge < -0.3 is 19.5 Å². The minimum atomic E-state index is -4.50. The number of likely N-dealkylation sites (N-methyl/N-ethyl adjacent to an activating group) is 1. The predicted molar refractivity (Wildman–Crippen MR) is 157 cm³/mol. The van der Waals surface area contributed by atoms with E-state index in [1.807, 2.05) is 19.1 Å². The van der Waals surface area contributed by atoms with Gasteiger partial charge in [-0.3, -0.25) is 14.7 Å². The molecule has 1 aromatic carbocycles. The Morgan fingerprint density at radius 3 is 2.63 bits per heavy atom. The lowest BCUT2D eigenvalue weighted by atomic mass is 9.97. The van der Waals surface area contributed by atoms with Crippen LogP contribution >= 0.6 is 0 Å². The number of halogens is 3. The molecule has 0 saturated carbocycles. The highest BCUT2D eigenvalue weighted by Gasteiger charge is 2.35. The molecule has 1 fully saturated rings. The average molecular weight is 593 g/mol. The van der Waals surface area contributed by atoms with Gasteiger partial charge in [0, 0.05) is 69.8 Å². The van der Waals surface area contributed by atoms with E-state index in [-0.39, 0.29) is 30.5 Å². The predicted octanol–water partition coefficient (Wildman–Crippen LogP) is 5.42. The summed E-state index contributed by atoms with van der Waals surface area (Å²) in [6.07, 6.45) is 1.07. The second-order valence-electron chi connectivity index (χ2n) is 11.4. The molecule has 0 radical (unpaired) electrons. The van der Waals surface area contributed by atoms with Crippen LogP contribution in [0, 0.1) is 0 Å². The molecule has 4 aromatic rings. The fraction of sp³-hybridized carbons (Fsp3) is 0.406. The van der Waals surface area contributed by atoms with Crippen LogP contribution in [0.4, 0.5) is 13.2 Å². The van der Waals surface area contributed by atoms with Crippen LogP contribution in [0.25, 0.3) is 11.0 Å². The van der Waals surface area contributed by atoms with Crippen molar-refractivity contribution >= 4 is 16.9 Å². The van der Waals surface area contributed by atoms with Gasteiger partial charge in [0.2, 0.25) is 5.91 Å². The van der Waals surface area contributed by atoms with Crippen molar-refractivity contribution in [3.8, 4) is 11.5 Å². The van der Waals surface area contributed by atoms with Crippen LogP contribution in [0.1, 0.15) is 41.8 Å². The van der Waals surface area contributed by atoms with Gasteiger partial charge in [0.15, 0.2) is 0 Å². The summed E-state index contributed by atoms with van der Waals surface area (Å²) in [5.41, 5.74) is 2.40. The van der Waals surface area contributed by atoms with Crippen LogP contribution < -0.4 is 4.74 Å². The van der Waals surface area contributed by atoms with E-state index in [0.717, 1.165) is 55.4 Å². The number of ether oxygens (including phenoxy) is 1. The van der Waals surface area contributed by atoms with Gasteiger partial charge in [-0.1, -0.05) is 19.1 Å². The summed E-state index contributed by atoms with van der Waals surface area (Å²) in [5, 5.41) is 0.842. The number of nitrogens with zero attached hydrogens (tertiary/aromatic N) is 5. The molecule has 8 nitrogen and oxygen atoms in total. The van der Waals surface area contributed by atoms with E-state index in [4.69, 9.17) is 4.74 Å². The number of hydrogen-bond donors (Lipinski definition) is 1. The van der Waals surface area contributed by atoms with Crippen LogP contribution in [0.5, 0.6) is 11.5 Å². The van der Waals surface area contributed by atoms with Crippen molar-refractivity contribution in [1.82, 2.24) is 29.7 Å². The normalized spacial score (nSPS) is 18.2. The van der Waals surface area contributed by atoms with Crippen molar-refractivity contribution < 1.29 is 22.7 Å². The zero-order chi connectivity index (χ0) is 30.1. The first-order valence-electron chi connectivity index (χ1n) is 14.7. The van der Waals surface area contributed by atoms with E-state index in [9.17, 15) is 18.0 Å². The maximum atomic E-state index is 14.1. The molecule has 1 amide bonds. The number of aromatic amines is 1. The van der Waals surface area contributed by atoms with E-state index in [2.05, 4.69) is 31.7 Å².